The Morgan fingerprint density at radius 1 is 1.38 bits per heavy atom. The Morgan fingerprint density at radius 3 is 2.85 bits per heavy atom. The van der Waals surface area contributed by atoms with E-state index < -0.39 is 0 Å². The molecule has 13 heavy (non-hydrogen) atoms. The number of hydrogen-bond donors (Lipinski definition) is 0. The maximum atomic E-state index is 4.27. The number of aryl methyl sites for hydroxylation is 1. The van der Waals surface area contributed by atoms with E-state index in [9.17, 15) is 0 Å². The molecule has 0 N–H and O–H groups in total. The maximum Gasteiger partial charge on any atom is 0.139 e. The first-order chi connectivity index (χ1) is 6.27. The topological polar surface area (TPSA) is 17.8 Å². The van der Waals surface area contributed by atoms with Crippen molar-refractivity contribution in [3.8, 4) is 11.4 Å². The predicted octanol–water partition coefficient (Wildman–Crippen LogP) is 2.85. The molecule has 66 valence electrons. The zero-order chi connectivity index (χ0) is 9.26. The first-order valence-corrected chi connectivity index (χ1v) is 4.80. The molecule has 0 radical (unpaired) electrons. The Labute approximate surface area is 85.4 Å². The minimum absolute atomic E-state index is 0.987. The van der Waals surface area contributed by atoms with Gasteiger partial charge < -0.3 is 4.57 Å². The average molecular weight is 237 g/mol. The summed E-state index contributed by atoms with van der Waals surface area (Å²) in [5.74, 6) is 0.987. The van der Waals surface area contributed by atoms with Crippen LogP contribution in [-0.2, 0) is 7.05 Å². The molecule has 0 atom stereocenters. The Hall–Kier alpha value is -1.09. The molecule has 2 aromatic rings. The van der Waals surface area contributed by atoms with Crippen molar-refractivity contribution in [1.82, 2.24) is 9.55 Å². The highest BCUT2D eigenvalue weighted by atomic mass is 79.9. The normalized spacial score (nSPS) is 10.3. The van der Waals surface area contributed by atoms with Gasteiger partial charge in [0.05, 0.1) is 0 Å². The molecular formula is C10H9BrN2. The summed E-state index contributed by atoms with van der Waals surface area (Å²) >= 11 is 3.44. The van der Waals surface area contributed by atoms with Crippen molar-refractivity contribution >= 4 is 15.9 Å². The van der Waals surface area contributed by atoms with Crippen LogP contribution in [0.5, 0.6) is 0 Å². The summed E-state index contributed by atoms with van der Waals surface area (Å²) in [5, 5.41) is 0. The van der Waals surface area contributed by atoms with Crippen LogP contribution in [0.15, 0.2) is 41.1 Å². The van der Waals surface area contributed by atoms with Gasteiger partial charge in [0.15, 0.2) is 0 Å². The van der Waals surface area contributed by atoms with Crippen molar-refractivity contribution in [3.63, 3.8) is 0 Å². The van der Waals surface area contributed by atoms with E-state index in [2.05, 4.69) is 27.0 Å². The summed E-state index contributed by atoms with van der Waals surface area (Å²) in [4.78, 5) is 4.27. The van der Waals surface area contributed by atoms with E-state index in [1.54, 1.807) is 6.20 Å². The predicted molar refractivity (Wildman–Crippen MR) is 56.3 cm³/mol. The maximum absolute atomic E-state index is 4.27. The standard InChI is InChI=1S/C10H9BrN2/c1-13-6-5-12-10(13)8-3-2-4-9(11)7-8/h2-7H,1H3. The molecule has 2 rings (SSSR count). The second-order valence-electron chi connectivity index (χ2n) is 2.87. The average Bonchev–Trinajstić information content (AvgIpc) is 2.51. The zero-order valence-electron chi connectivity index (χ0n) is 7.24. The molecule has 1 heterocycles. The van der Waals surface area contributed by atoms with E-state index in [-0.39, 0.29) is 0 Å². The lowest BCUT2D eigenvalue weighted by molar-refractivity contribution is 0.925. The lowest BCUT2D eigenvalue weighted by atomic mass is 10.2. The molecule has 0 saturated heterocycles. The largest absolute Gasteiger partial charge is 0.334 e. The molecule has 0 amide bonds. The molecular weight excluding hydrogens is 228 g/mol. The van der Waals surface area contributed by atoms with Crippen molar-refractivity contribution in [2.75, 3.05) is 0 Å². The molecule has 0 aliphatic rings. The Kier molecular flexibility index (Phi) is 2.19. The smallest absolute Gasteiger partial charge is 0.139 e. The lowest BCUT2D eigenvalue weighted by Gasteiger charge is -2.01. The molecule has 0 bridgehead atoms. The summed E-state index contributed by atoms with van der Waals surface area (Å²) in [6, 6.07) is 8.12. The van der Waals surface area contributed by atoms with Crippen LogP contribution >= 0.6 is 15.9 Å². The highest BCUT2D eigenvalue weighted by Gasteiger charge is 2.01. The number of benzene rings is 1. The highest BCUT2D eigenvalue weighted by molar-refractivity contribution is 9.10. The third kappa shape index (κ3) is 1.65. The van der Waals surface area contributed by atoms with Crippen LogP contribution in [0.3, 0.4) is 0 Å². The summed E-state index contributed by atoms with van der Waals surface area (Å²) in [6.07, 6.45) is 3.74. The van der Waals surface area contributed by atoms with Gasteiger partial charge in [0.1, 0.15) is 5.82 Å². The van der Waals surface area contributed by atoms with E-state index in [0.29, 0.717) is 0 Å². The molecule has 0 fully saturated rings. The molecule has 2 nitrogen and oxygen atoms in total. The van der Waals surface area contributed by atoms with Crippen molar-refractivity contribution < 1.29 is 0 Å². The minimum Gasteiger partial charge on any atom is -0.334 e. The molecule has 1 aromatic carbocycles. The Morgan fingerprint density at radius 2 is 2.23 bits per heavy atom. The molecule has 1 aromatic heterocycles. The van der Waals surface area contributed by atoms with Gasteiger partial charge in [0.25, 0.3) is 0 Å². The van der Waals surface area contributed by atoms with E-state index in [1.165, 1.54) is 0 Å². The van der Waals surface area contributed by atoms with Crippen LogP contribution < -0.4 is 0 Å². The van der Waals surface area contributed by atoms with Gasteiger partial charge in [-0.05, 0) is 12.1 Å². The molecule has 0 aliphatic carbocycles. The summed E-state index contributed by atoms with van der Waals surface area (Å²) < 4.78 is 3.08. The quantitative estimate of drug-likeness (QED) is 0.745. The molecule has 0 aliphatic heterocycles. The number of halogens is 1. The van der Waals surface area contributed by atoms with E-state index in [1.807, 2.05) is 36.0 Å². The van der Waals surface area contributed by atoms with Gasteiger partial charge in [-0.15, -0.1) is 0 Å². The van der Waals surface area contributed by atoms with Gasteiger partial charge in [0, 0.05) is 29.5 Å². The first-order valence-electron chi connectivity index (χ1n) is 4.00. The number of nitrogens with zero attached hydrogens (tertiary/aromatic N) is 2. The van der Waals surface area contributed by atoms with Crippen molar-refractivity contribution in [2.45, 2.75) is 0 Å². The number of aromatic nitrogens is 2. The molecule has 0 saturated carbocycles. The molecule has 0 spiro atoms. The van der Waals surface area contributed by atoms with Crippen molar-refractivity contribution in [2.24, 2.45) is 7.05 Å². The van der Waals surface area contributed by atoms with Crippen molar-refractivity contribution in [1.29, 1.82) is 0 Å². The Balaban J connectivity index is 2.53. The van der Waals surface area contributed by atoms with Gasteiger partial charge in [-0.3, -0.25) is 0 Å². The van der Waals surface area contributed by atoms with Crippen LogP contribution in [0.4, 0.5) is 0 Å². The summed E-state index contributed by atoms with van der Waals surface area (Å²) in [6.45, 7) is 0. The third-order valence-electron chi connectivity index (χ3n) is 1.90. The van der Waals surface area contributed by atoms with Crippen LogP contribution in [0.1, 0.15) is 0 Å². The van der Waals surface area contributed by atoms with Gasteiger partial charge in [-0.1, -0.05) is 28.1 Å². The van der Waals surface area contributed by atoms with Crippen LogP contribution in [0.25, 0.3) is 11.4 Å². The minimum atomic E-state index is 0.987. The van der Waals surface area contributed by atoms with Crippen LogP contribution in [0.2, 0.25) is 0 Å². The second kappa shape index (κ2) is 3.34. The number of imidazole rings is 1. The number of rotatable bonds is 1. The molecule has 3 heteroatoms. The number of hydrogen-bond acceptors (Lipinski definition) is 1. The van der Waals surface area contributed by atoms with Gasteiger partial charge in [-0.2, -0.15) is 0 Å². The third-order valence-corrected chi connectivity index (χ3v) is 2.40. The fourth-order valence-corrected chi connectivity index (χ4v) is 1.67. The fourth-order valence-electron chi connectivity index (χ4n) is 1.27. The highest BCUT2D eigenvalue weighted by Crippen LogP contribution is 2.20. The van der Waals surface area contributed by atoms with Gasteiger partial charge >= 0.3 is 0 Å². The van der Waals surface area contributed by atoms with E-state index in [0.717, 1.165) is 15.9 Å². The van der Waals surface area contributed by atoms with Gasteiger partial charge in [0.2, 0.25) is 0 Å². The van der Waals surface area contributed by atoms with Crippen LogP contribution in [-0.4, -0.2) is 9.55 Å². The van der Waals surface area contributed by atoms with Crippen LogP contribution in [0, 0.1) is 0 Å². The molecule has 0 unspecified atom stereocenters. The van der Waals surface area contributed by atoms with E-state index >= 15 is 0 Å². The Bertz CT molecular complexity index is 420. The first kappa shape index (κ1) is 8.51. The monoisotopic (exact) mass is 236 g/mol. The zero-order valence-corrected chi connectivity index (χ0v) is 8.82. The van der Waals surface area contributed by atoms with Gasteiger partial charge in [-0.25, -0.2) is 4.98 Å². The SMILES string of the molecule is Cn1ccnc1-c1cccc(Br)c1. The lowest BCUT2D eigenvalue weighted by Crippen LogP contribution is -1.90. The summed E-state index contributed by atoms with van der Waals surface area (Å²) in [5.41, 5.74) is 1.13. The fraction of sp³-hybridized carbons (Fsp3) is 0.100. The summed E-state index contributed by atoms with van der Waals surface area (Å²) in [7, 11) is 1.99. The second-order valence-corrected chi connectivity index (χ2v) is 3.79. The van der Waals surface area contributed by atoms with Crippen molar-refractivity contribution in [3.05, 3.63) is 41.1 Å². The van der Waals surface area contributed by atoms with E-state index in [4.69, 9.17) is 0 Å².